The minimum atomic E-state index is -0.157. The van der Waals surface area contributed by atoms with Gasteiger partial charge in [-0.2, -0.15) is 4.37 Å². The van der Waals surface area contributed by atoms with Crippen molar-refractivity contribution in [2.24, 2.45) is 11.8 Å². The van der Waals surface area contributed by atoms with Gasteiger partial charge in [-0.3, -0.25) is 4.79 Å². The number of amides is 1. The van der Waals surface area contributed by atoms with Gasteiger partial charge in [0.15, 0.2) is 5.82 Å². The van der Waals surface area contributed by atoms with Gasteiger partial charge in [-0.15, -0.1) is 0 Å². The molecule has 0 aromatic carbocycles. The molecule has 1 heterocycles. The van der Waals surface area contributed by atoms with Gasteiger partial charge in [0.05, 0.1) is 0 Å². The van der Waals surface area contributed by atoms with Gasteiger partial charge in [0.25, 0.3) is 5.91 Å². The number of nitrogen functional groups attached to an aromatic ring is 1. The molecule has 0 fully saturated rings. The lowest BCUT2D eigenvalue weighted by molar-refractivity contribution is 0.0964. The molecule has 0 atom stereocenters. The van der Waals surface area contributed by atoms with Crippen molar-refractivity contribution in [1.82, 2.24) is 9.69 Å². The van der Waals surface area contributed by atoms with Gasteiger partial charge in [-0.1, -0.05) is 27.7 Å². The van der Waals surface area contributed by atoms with Crippen molar-refractivity contribution in [2.75, 3.05) is 30.8 Å². The predicted octanol–water partition coefficient (Wildman–Crippen LogP) is 2.98. The average Bonchev–Trinajstić information content (AvgIpc) is 2.79. The normalized spacial score (nSPS) is 11.2. The van der Waals surface area contributed by atoms with Crippen LogP contribution in [0.2, 0.25) is 0 Å². The van der Waals surface area contributed by atoms with Crippen LogP contribution in [0.3, 0.4) is 0 Å². The number of nitrogens with one attached hydrogen (secondary N) is 1. The van der Waals surface area contributed by atoms with E-state index in [0.29, 0.717) is 23.2 Å². The zero-order valence-corrected chi connectivity index (χ0v) is 14.6. The lowest BCUT2D eigenvalue weighted by atomic mass is 10.1. The first-order chi connectivity index (χ1) is 9.86. The molecule has 1 rings (SSSR count). The Morgan fingerprint density at radius 1 is 1.24 bits per heavy atom. The van der Waals surface area contributed by atoms with Crippen LogP contribution in [0.1, 0.15) is 50.9 Å². The first-order valence-electron chi connectivity index (χ1n) is 7.59. The molecule has 6 heteroatoms. The van der Waals surface area contributed by atoms with Crippen LogP contribution in [0.25, 0.3) is 0 Å². The summed E-state index contributed by atoms with van der Waals surface area (Å²) in [6.45, 7) is 10.7. The molecule has 0 saturated carbocycles. The van der Waals surface area contributed by atoms with Crippen molar-refractivity contribution in [3.8, 4) is 0 Å². The van der Waals surface area contributed by atoms with Gasteiger partial charge in [0, 0.05) is 20.1 Å². The summed E-state index contributed by atoms with van der Waals surface area (Å²) < 4.78 is 4.18. The van der Waals surface area contributed by atoms with Crippen molar-refractivity contribution in [3.05, 3.63) is 5.56 Å². The Kier molecular flexibility index (Phi) is 6.95. The van der Waals surface area contributed by atoms with E-state index in [1.54, 1.807) is 7.05 Å². The lowest BCUT2D eigenvalue weighted by Crippen LogP contribution is -2.29. The van der Waals surface area contributed by atoms with Gasteiger partial charge in [0.2, 0.25) is 0 Å². The molecule has 0 spiro atoms. The quantitative estimate of drug-likeness (QED) is 0.774. The van der Waals surface area contributed by atoms with Crippen molar-refractivity contribution < 1.29 is 4.79 Å². The fourth-order valence-electron chi connectivity index (χ4n) is 1.99. The highest BCUT2D eigenvalue weighted by atomic mass is 32.1. The van der Waals surface area contributed by atoms with Crippen molar-refractivity contribution >= 4 is 28.3 Å². The Morgan fingerprint density at radius 2 is 1.76 bits per heavy atom. The molecule has 5 nitrogen and oxygen atoms in total. The highest BCUT2D eigenvalue weighted by Gasteiger charge is 2.23. The van der Waals surface area contributed by atoms with Gasteiger partial charge in [-0.05, 0) is 36.2 Å². The smallest absolute Gasteiger partial charge is 0.257 e. The van der Waals surface area contributed by atoms with E-state index in [2.05, 4.69) is 42.3 Å². The molecular weight excluding hydrogens is 284 g/mol. The zero-order valence-electron chi connectivity index (χ0n) is 13.8. The number of carbonyl (C=O) groups is 1. The third-order valence-electron chi connectivity index (χ3n) is 3.39. The Labute approximate surface area is 132 Å². The van der Waals surface area contributed by atoms with E-state index in [-0.39, 0.29) is 5.91 Å². The third kappa shape index (κ3) is 5.19. The van der Waals surface area contributed by atoms with E-state index in [9.17, 15) is 4.79 Å². The van der Waals surface area contributed by atoms with Crippen molar-refractivity contribution in [2.45, 2.75) is 40.5 Å². The van der Waals surface area contributed by atoms with Crippen LogP contribution in [0.5, 0.6) is 0 Å². The number of hydrogen-bond donors (Lipinski definition) is 2. The lowest BCUT2D eigenvalue weighted by Gasteiger charge is -2.25. The summed E-state index contributed by atoms with van der Waals surface area (Å²) in [7, 11) is 1.62. The van der Waals surface area contributed by atoms with Crippen LogP contribution < -0.4 is 16.0 Å². The summed E-state index contributed by atoms with van der Waals surface area (Å²) in [5.41, 5.74) is 6.40. The van der Waals surface area contributed by atoms with E-state index in [4.69, 9.17) is 5.73 Å². The van der Waals surface area contributed by atoms with E-state index in [1.807, 2.05) is 0 Å². The maximum absolute atomic E-state index is 12.0. The molecule has 0 aliphatic rings. The fourth-order valence-corrected chi connectivity index (χ4v) is 2.85. The highest BCUT2D eigenvalue weighted by Crippen LogP contribution is 2.31. The first-order valence-corrected chi connectivity index (χ1v) is 8.36. The number of nitrogens with zero attached hydrogens (tertiary/aromatic N) is 2. The molecule has 1 aromatic heterocycles. The summed E-state index contributed by atoms with van der Waals surface area (Å²) in [5, 5.41) is 3.55. The van der Waals surface area contributed by atoms with Crippen molar-refractivity contribution in [3.63, 3.8) is 0 Å². The zero-order chi connectivity index (χ0) is 16.0. The topological polar surface area (TPSA) is 71.2 Å². The van der Waals surface area contributed by atoms with Crippen molar-refractivity contribution in [1.29, 1.82) is 0 Å². The van der Waals surface area contributed by atoms with Crippen LogP contribution in [0.15, 0.2) is 0 Å². The van der Waals surface area contributed by atoms with Gasteiger partial charge < -0.3 is 16.0 Å². The molecule has 0 radical (unpaired) electrons. The maximum Gasteiger partial charge on any atom is 0.257 e. The Bertz CT molecular complexity index is 445. The van der Waals surface area contributed by atoms with E-state index < -0.39 is 0 Å². The molecule has 0 aliphatic carbocycles. The molecule has 1 amide bonds. The van der Waals surface area contributed by atoms with Crippen LogP contribution >= 0.6 is 11.5 Å². The molecule has 0 bridgehead atoms. The average molecular weight is 312 g/mol. The van der Waals surface area contributed by atoms with E-state index in [0.717, 1.165) is 30.9 Å². The van der Waals surface area contributed by atoms with Crippen LogP contribution in [-0.2, 0) is 0 Å². The summed E-state index contributed by atoms with van der Waals surface area (Å²) in [6.07, 6.45) is 2.17. The second kappa shape index (κ2) is 8.22. The molecule has 21 heavy (non-hydrogen) atoms. The number of anilines is 2. The molecule has 120 valence electrons. The molecule has 0 unspecified atom stereocenters. The molecule has 1 aromatic rings. The fraction of sp³-hybridized carbons (Fsp3) is 0.733. The number of hydrogen-bond acceptors (Lipinski definition) is 5. The maximum atomic E-state index is 12.0. The SMILES string of the molecule is CNC(=O)c1c(N)nsc1N(CCC(C)C)CCC(C)C. The Morgan fingerprint density at radius 3 is 2.19 bits per heavy atom. The number of nitrogens with two attached hydrogens (primary N) is 1. The third-order valence-corrected chi connectivity index (χ3v) is 4.32. The Hall–Kier alpha value is -1.30. The van der Waals surface area contributed by atoms with Crippen LogP contribution in [0.4, 0.5) is 10.8 Å². The van der Waals surface area contributed by atoms with E-state index >= 15 is 0 Å². The summed E-state index contributed by atoms with van der Waals surface area (Å²) in [6, 6.07) is 0. The minimum Gasteiger partial charge on any atom is -0.382 e. The first kappa shape index (κ1) is 17.8. The number of rotatable bonds is 8. The second-order valence-electron chi connectivity index (χ2n) is 6.18. The summed E-state index contributed by atoms with van der Waals surface area (Å²) in [4.78, 5) is 14.3. The molecule has 0 saturated heterocycles. The standard InChI is InChI=1S/C15H28N4OS/c1-10(2)6-8-19(9-7-11(3)4)15-12(14(20)17-5)13(16)18-21-15/h10-11H,6-9H2,1-5H3,(H2,16,18)(H,17,20). The van der Waals surface area contributed by atoms with Crippen LogP contribution in [-0.4, -0.2) is 30.4 Å². The number of carbonyl (C=O) groups excluding carboxylic acids is 1. The monoisotopic (exact) mass is 312 g/mol. The summed E-state index contributed by atoms with van der Waals surface area (Å²) >= 11 is 1.32. The largest absolute Gasteiger partial charge is 0.382 e. The molecular formula is C15H28N4OS. The van der Waals surface area contributed by atoms with Gasteiger partial charge in [0.1, 0.15) is 10.6 Å². The molecule has 0 aliphatic heterocycles. The van der Waals surface area contributed by atoms with Gasteiger partial charge in [-0.25, -0.2) is 0 Å². The van der Waals surface area contributed by atoms with Gasteiger partial charge >= 0.3 is 0 Å². The Balaban J connectivity index is 2.98. The second-order valence-corrected chi connectivity index (χ2v) is 6.93. The highest BCUT2D eigenvalue weighted by molar-refractivity contribution is 7.11. The number of aromatic nitrogens is 1. The van der Waals surface area contributed by atoms with Crippen LogP contribution in [0, 0.1) is 11.8 Å². The minimum absolute atomic E-state index is 0.157. The van der Waals surface area contributed by atoms with E-state index in [1.165, 1.54) is 11.5 Å². The molecule has 3 N–H and O–H groups in total. The summed E-state index contributed by atoms with van der Waals surface area (Å²) in [5.74, 6) is 1.42. The predicted molar refractivity (Wildman–Crippen MR) is 91.0 cm³/mol.